The number of H-pyrrole nitrogens is 1. The summed E-state index contributed by atoms with van der Waals surface area (Å²) in [6.07, 6.45) is 0.388. The van der Waals surface area contributed by atoms with Gasteiger partial charge in [-0.2, -0.15) is 0 Å². The molecule has 11 nitrogen and oxygen atoms in total. The van der Waals surface area contributed by atoms with Crippen LogP contribution < -0.4 is 21.7 Å². The van der Waals surface area contributed by atoms with Crippen molar-refractivity contribution in [2.45, 2.75) is 44.5 Å². The van der Waals surface area contributed by atoms with E-state index < -0.39 is 47.9 Å². The van der Waals surface area contributed by atoms with Gasteiger partial charge in [0.1, 0.15) is 12.1 Å². The molecule has 168 valence electrons. The molecule has 0 fully saturated rings. The molecule has 0 saturated heterocycles. The number of para-hydroxylation sites is 1. The zero-order valence-corrected chi connectivity index (χ0v) is 17.2. The number of aromatic nitrogens is 1. The Hall–Kier alpha value is -3.44. The molecule has 31 heavy (non-hydrogen) atoms. The molecular weight excluding hydrogens is 406 g/mol. The molecule has 0 aliphatic rings. The van der Waals surface area contributed by atoms with Crippen molar-refractivity contribution in [1.29, 1.82) is 0 Å². The smallest absolute Gasteiger partial charge is 0.328 e. The molecule has 2 aromatic rings. The number of amides is 3. The van der Waals surface area contributed by atoms with E-state index in [4.69, 9.17) is 5.73 Å². The van der Waals surface area contributed by atoms with Gasteiger partial charge in [-0.3, -0.25) is 14.4 Å². The van der Waals surface area contributed by atoms with Gasteiger partial charge in [0.25, 0.3) is 0 Å². The maximum atomic E-state index is 12.8. The van der Waals surface area contributed by atoms with Crippen molar-refractivity contribution in [2.24, 2.45) is 5.73 Å². The highest BCUT2D eigenvalue weighted by molar-refractivity contribution is 5.94. The Morgan fingerprint density at radius 1 is 1.06 bits per heavy atom. The van der Waals surface area contributed by atoms with Crippen LogP contribution in [0.25, 0.3) is 10.9 Å². The lowest BCUT2D eigenvalue weighted by Crippen LogP contribution is -2.57. The van der Waals surface area contributed by atoms with Crippen molar-refractivity contribution >= 4 is 34.6 Å². The molecule has 3 amide bonds. The Bertz CT molecular complexity index is 956. The van der Waals surface area contributed by atoms with Gasteiger partial charge in [0, 0.05) is 23.5 Å². The number of aliphatic hydroxyl groups is 1. The second-order valence-corrected chi connectivity index (χ2v) is 7.18. The highest BCUT2D eigenvalue weighted by atomic mass is 16.4. The van der Waals surface area contributed by atoms with Crippen molar-refractivity contribution in [2.75, 3.05) is 6.54 Å². The number of carboxylic acids is 1. The molecule has 0 radical (unpaired) electrons. The van der Waals surface area contributed by atoms with E-state index in [1.54, 1.807) is 6.20 Å². The first-order valence-electron chi connectivity index (χ1n) is 9.70. The number of carboxylic acid groups (broad SMARTS) is 1. The summed E-state index contributed by atoms with van der Waals surface area (Å²) in [5, 5.41) is 26.9. The van der Waals surface area contributed by atoms with E-state index in [1.165, 1.54) is 13.8 Å². The van der Waals surface area contributed by atoms with Crippen LogP contribution in [0, 0.1) is 0 Å². The summed E-state index contributed by atoms with van der Waals surface area (Å²) in [6.45, 7) is 2.36. The second kappa shape index (κ2) is 10.5. The number of nitrogens with two attached hydrogens (primary N) is 1. The summed E-state index contributed by atoms with van der Waals surface area (Å²) < 4.78 is 0. The molecule has 1 aromatic heterocycles. The quantitative estimate of drug-likeness (QED) is 0.240. The predicted octanol–water partition coefficient (Wildman–Crippen LogP) is -1.39. The molecule has 0 aliphatic carbocycles. The maximum absolute atomic E-state index is 12.8. The topological polar surface area (TPSA) is 187 Å². The Morgan fingerprint density at radius 3 is 2.35 bits per heavy atom. The minimum atomic E-state index is -1.55. The van der Waals surface area contributed by atoms with Gasteiger partial charge < -0.3 is 36.9 Å². The van der Waals surface area contributed by atoms with Gasteiger partial charge in [-0.15, -0.1) is 0 Å². The summed E-state index contributed by atoms with van der Waals surface area (Å²) >= 11 is 0. The lowest BCUT2D eigenvalue weighted by atomic mass is 10.0. The van der Waals surface area contributed by atoms with E-state index in [2.05, 4.69) is 20.9 Å². The van der Waals surface area contributed by atoms with Crippen LogP contribution in [0.5, 0.6) is 0 Å². The Kier molecular flexibility index (Phi) is 8.11. The van der Waals surface area contributed by atoms with Crippen molar-refractivity contribution in [3.63, 3.8) is 0 Å². The van der Waals surface area contributed by atoms with E-state index in [1.807, 2.05) is 24.3 Å². The molecule has 0 aliphatic heterocycles. The highest BCUT2D eigenvalue weighted by Crippen LogP contribution is 2.19. The molecule has 1 aromatic carbocycles. The molecule has 0 spiro atoms. The molecular formula is C20H27N5O6. The minimum absolute atomic E-state index is 0.0469. The zero-order chi connectivity index (χ0) is 23.1. The van der Waals surface area contributed by atoms with Crippen molar-refractivity contribution in [3.8, 4) is 0 Å². The number of nitrogens with one attached hydrogen (secondary N) is 4. The van der Waals surface area contributed by atoms with E-state index >= 15 is 0 Å². The average Bonchev–Trinajstić information content (AvgIpc) is 3.13. The molecule has 2 rings (SSSR count). The molecule has 4 unspecified atom stereocenters. The number of hydrogen-bond acceptors (Lipinski definition) is 6. The monoisotopic (exact) mass is 433 g/mol. The van der Waals surface area contributed by atoms with Gasteiger partial charge in [0.2, 0.25) is 17.7 Å². The van der Waals surface area contributed by atoms with Crippen LogP contribution in [0.4, 0.5) is 0 Å². The van der Waals surface area contributed by atoms with E-state index in [9.17, 15) is 29.4 Å². The summed E-state index contributed by atoms with van der Waals surface area (Å²) in [4.78, 5) is 51.2. The van der Waals surface area contributed by atoms with Crippen molar-refractivity contribution in [1.82, 2.24) is 20.9 Å². The van der Waals surface area contributed by atoms with Gasteiger partial charge in [0.15, 0.2) is 6.04 Å². The average molecular weight is 433 g/mol. The summed E-state index contributed by atoms with van der Waals surface area (Å²) in [5.74, 6) is -3.39. The number of fused-ring (bicyclic) bond motifs is 1. The van der Waals surface area contributed by atoms with Crippen LogP contribution >= 0.6 is 0 Å². The lowest BCUT2D eigenvalue weighted by Gasteiger charge is -2.24. The number of aromatic amines is 1. The second-order valence-electron chi connectivity index (χ2n) is 7.18. The van der Waals surface area contributed by atoms with Crippen LogP contribution in [-0.2, 0) is 25.6 Å². The van der Waals surface area contributed by atoms with Crippen LogP contribution in [0.3, 0.4) is 0 Å². The molecule has 0 saturated carbocycles. The van der Waals surface area contributed by atoms with Crippen molar-refractivity contribution < 1.29 is 29.4 Å². The van der Waals surface area contributed by atoms with Crippen molar-refractivity contribution in [3.05, 3.63) is 36.0 Å². The normalized spacial score (nSPS) is 14.8. The number of hydrogen-bond donors (Lipinski definition) is 7. The standard InChI is InChI=1S/C20H27N5O6/c1-10(23-16(27)8-21)18(28)24-15(19(29)25-17(11(2)26)20(30)31)7-12-9-22-14-6-4-3-5-13(12)14/h3-6,9-11,15,17,22,26H,7-8,21H2,1-2H3,(H,23,27)(H,24,28)(H,25,29)(H,30,31). The first-order chi connectivity index (χ1) is 14.6. The third-order valence-corrected chi connectivity index (χ3v) is 4.73. The minimum Gasteiger partial charge on any atom is -0.480 e. The van der Waals surface area contributed by atoms with Gasteiger partial charge in [-0.05, 0) is 25.5 Å². The fourth-order valence-electron chi connectivity index (χ4n) is 3.03. The van der Waals surface area contributed by atoms with E-state index in [0.717, 1.165) is 16.5 Å². The Morgan fingerprint density at radius 2 is 1.74 bits per heavy atom. The number of aliphatic hydroxyl groups excluding tert-OH is 1. The molecule has 4 atom stereocenters. The largest absolute Gasteiger partial charge is 0.480 e. The number of benzene rings is 1. The van der Waals surface area contributed by atoms with Gasteiger partial charge in [-0.1, -0.05) is 18.2 Å². The predicted molar refractivity (Wildman–Crippen MR) is 112 cm³/mol. The maximum Gasteiger partial charge on any atom is 0.328 e. The van der Waals surface area contributed by atoms with Crippen LogP contribution in [0.2, 0.25) is 0 Å². The van der Waals surface area contributed by atoms with Gasteiger partial charge >= 0.3 is 5.97 Å². The molecule has 1 heterocycles. The first-order valence-corrected chi connectivity index (χ1v) is 9.70. The first kappa shape index (κ1) is 23.8. The van der Waals surface area contributed by atoms with E-state index in [-0.39, 0.29) is 13.0 Å². The zero-order valence-electron chi connectivity index (χ0n) is 17.2. The molecule has 8 N–H and O–H groups in total. The summed E-state index contributed by atoms with van der Waals surface area (Å²) in [5.41, 5.74) is 6.79. The molecule has 0 bridgehead atoms. The fourth-order valence-corrected chi connectivity index (χ4v) is 3.03. The Labute approximate surface area is 178 Å². The van der Waals surface area contributed by atoms with Crippen LogP contribution in [0.15, 0.2) is 30.5 Å². The highest BCUT2D eigenvalue weighted by Gasteiger charge is 2.31. The van der Waals surface area contributed by atoms with E-state index in [0.29, 0.717) is 0 Å². The lowest BCUT2D eigenvalue weighted by molar-refractivity contribution is -0.145. The SMILES string of the molecule is CC(NC(=O)CN)C(=O)NC(Cc1c[nH]c2ccccc12)C(=O)NC(C(=O)O)C(C)O. The fraction of sp³-hybridized carbons (Fsp3) is 0.400. The number of aliphatic carboxylic acids is 1. The third-order valence-electron chi connectivity index (χ3n) is 4.73. The van der Waals surface area contributed by atoms with Crippen LogP contribution in [-0.4, -0.2) is 69.7 Å². The van der Waals surface area contributed by atoms with Gasteiger partial charge in [-0.25, -0.2) is 4.79 Å². The summed E-state index contributed by atoms with van der Waals surface area (Å²) in [7, 11) is 0. The third kappa shape index (κ3) is 6.27. The summed E-state index contributed by atoms with van der Waals surface area (Å²) in [6, 6.07) is 3.68. The van der Waals surface area contributed by atoms with Gasteiger partial charge in [0.05, 0.1) is 12.6 Å². The molecule has 11 heteroatoms. The Balaban J connectivity index is 2.25. The number of rotatable bonds is 10. The number of carbonyl (C=O) groups is 4. The van der Waals surface area contributed by atoms with Crippen LogP contribution in [0.1, 0.15) is 19.4 Å². The number of carbonyl (C=O) groups excluding carboxylic acids is 3.